The summed E-state index contributed by atoms with van der Waals surface area (Å²) in [5.41, 5.74) is 3.71. The molecule has 0 unspecified atom stereocenters. The van der Waals surface area contributed by atoms with Gasteiger partial charge in [0.15, 0.2) is 9.84 Å². The molecule has 0 heterocycles. The van der Waals surface area contributed by atoms with Gasteiger partial charge in [-0.25, -0.2) is 13.8 Å². The van der Waals surface area contributed by atoms with Gasteiger partial charge in [-0.1, -0.05) is 6.07 Å². The van der Waals surface area contributed by atoms with Crippen LogP contribution in [0.15, 0.2) is 29.2 Å². The van der Waals surface area contributed by atoms with Crippen LogP contribution in [0.3, 0.4) is 0 Å². The van der Waals surface area contributed by atoms with Crippen LogP contribution in [0.4, 0.5) is 5.69 Å². The second kappa shape index (κ2) is 3.98. The lowest BCUT2D eigenvalue weighted by Gasteiger charge is -2.17. The summed E-state index contributed by atoms with van der Waals surface area (Å²) < 4.78 is 22.5. The molecule has 0 atom stereocenters. The average molecular weight is 214 g/mol. The van der Waals surface area contributed by atoms with Crippen LogP contribution in [-0.2, 0) is 9.84 Å². The van der Waals surface area contributed by atoms with Crippen molar-refractivity contribution in [3.63, 3.8) is 0 Å². The van der Waals surface area contributed by atoms with E-state index < -0.39 is 9.84 Å². The van der Waals surface area contributed by atoms with Gasteiger partial charge in [0.2, 0.25) is 0 Å². The molecule has 0 saturated carbocycles. The van der Waals surface area contributed by atoms with Crippen LogP contribution in [-0.4, -0.2) is 28.8 Å². The zero-order chi connectivity index (χ0) is 10.8. The van der Waals surface area contributed by atoms with Crippen molar-refractivity contribution in [2.75, 3.05) is 25.4 Å². The Kier molecular flexibility index (Phi) is 3.13. The number of benzene rings is 1. The van der Waals surface area contributed by atoms with Gasteiger partial charge in [0.05, 0.1) is 10.6 Å². The van der Waals surface area contributed by atoms with Gasteiger partial charge in [-0.15, -0.1) is 0 Å². The number of hydrogen-bond donors (Lipinski definition) is 1. The van der Waals surface area contributed by atoms with E-state index in [0.29, 0.717) is 4.90 Å². The molecule has 0 bridgehead atoms. The second-order valence-electron chi connectivity index (χ2n) is 3.05. The molecule has 78 valence electrons. The molecule has 0 saturated heterocycles. The van der Waals surface area contributed by atoms with E-state index in [0.717, 1.165) is 5.69 Å². The highest BCUT2D eigenvalue weighted by atomic mass is 32.2. The van der Waals surface area contributed by atoms with E-state index in [-0.39, 0.29) is 0 Å². The third-order valence-electron chi connectivity index (χ3n) is 1.97. The summed E-state index contributed by atoms with van der Waals surface area (Å²) in [5.74, 6) is 0. The van der Waals surface area contributed by atoms with Crippen molar-refractivity contribution in [2.24, 2.45) is 0 Å². The Morgan fingerprint density at radius 1 is 1.36 bits per heavy atom. The highest BCUT2D eigenvalue weighted by Crippen LogP contribution is 2.16. The molecule has 0 aliphatic heterocycles. The normalized spacial score (nSPS) is 11.4. The summed E-state index contributed by atoms with van der Waals surface area (Å²) in [5, 5.41) is 1.74. The fraction of sp³-hybridized carbons (Fsp3) is 0.333. The molecule has 1 aromatic carbocycles. The molecule has 0 spiro atoms. The van der Waals surface area contributed by atoms with Crippen molar-refractivity contribution in [1.82, 2.24) is 5.43 Å². The number of sulfone groups is 1. The number of nitrogens with one attached hydrogen (secondary N) is 1. The first-order valence-corrected chi connectivity index (χ1v) is 6.05. The van der Waals surface area contributed by atoms with E-state index in [4.69, 9.17) is 0 Å². The summed E-state index contributed by atoms with van der Waals surface area (Å²) in [6, 6.07) is 6.78. The van der Waals surface area contributed by atoms with Crippen LogP contribution < -0.4 is 10.4 Å². The van der Waals surface area contributed by atoms with Gasteiger partial charge < -0.3 is 5.01 Å². The standard InChI is InChI=1S/C9H14N2O2S/c1-10-11(2)8-5-4-6-9(7-8)14(3,12)13/h4-7,10H,1-3H3. The number of hydrazine groups is 1. The van der Waals surface area contributed by atoms with Crippen LogP contribution in [0, 0.1) is 0 Å². The summed E-state index contributed by atoms with van der Waals surface area (Å²) >= 11 is 0. The van der Waals surface area contributed by atoms with Crippen molar-refractivity contribution in [1.29, 1.82) is 0 Å². The Hall–Kier alpha value is -1.07. The van der Waals surface area contributed by atoms with Crippen LogP contribution in [0.25, 0.3) is 0 Å². The lowest BCUT2D eigenvalue weighted by molar-refractivity contribution is 0.602. The predicted octanol–water partition coefficient (Wildman–Crippen LogP) is 0.661. The van der Waals surface area contributed by atoms with Gasteiger partial charge >= 0.3 is 0 Å². The van der Waals surface area contributed by atoms with Crippen molar-refractivity contribution < 1.29 is 8.42 Å². The van der Waals surface area contributed by atoms with Crippen molar-refractivity contribution in [3.8, 4) is 0 Å². The Balaban J connectivity index is 3.14. The minimum atomic E-state index is -3.12. The fourth-order valence-corrected chi connectivity index (χ4v) is 1.71. The molecule has 0 fully saturated rings. The molecule has 1 rings (SSSR count). The minimum Gasteiger partial charge on any atom is -0.312 e. The summed E-state index contributed by atoms with van der Waals surface area (Å²) in [7, 11) is 0.470. The Morgan fingerprint density at radius 3 is 2.50 bits per heavy atom. The van der Waals surface area contributed by atoms with E-state index >= 15 is 0 Å². The molecule has 14 heavy (non-hydrogen) atoms. The number of anilines is 1. The van der Waals surface area contributed by atoms with Crippen LogP contribution in [0.5, 0.6) is 0 Å². The van der Waals surface area contributed by atoms with E-state index in [9.17, 15) is 8.42 Å². The topological polar surface area (TPSA) is 49.4 Å². The Labute approximate surface area is 84.4 Å². The molecule has 4 nitrogen and oxygen atoms in total. The van der Waals surface area contributed by atoms with Gasteiger partial charge in [-0.3, -0.25) is 0 Å². The summed E-state index contributed by atoms with van der Waals surface area (Å²) in [4.78, 5) is 0.331. The van der Waals surface area contributed by atoms with Gasteiger partial charge in [0.25, 0.3) is 0 Å². The maximum atomic E-state index is 11.3. The molecule has 0 aromatic heterocycles. The largest absolute Gasteiger partial charge is 0.312 e. The van der Waals surface area contributed by atoms with Crippen molar-refractivity contribution in [3.05, 3.63) is 24.3 Å². The molecule has 0 amide bonds. The van der Waals surface area contributed by atoms with E-state index in [2.05, 4.69) is 5.43 Å². The quantitative estimate of drug-likeness (QED) is 0.751. The van der Waals surface area contributed by atoms with Crippen LogP contribution >= 0.6 is 0 Å². The van der Waals surface area contributed by atoms with E-state index in [1.165, 1.54) is 6.26 Å². The highest BCUT2D eigenvalue weighted by Gasteiger charge is 2.08. The van der Waals surface area contributed by atoms with Gasteiger partial charge in [0.1, 0.15) is 0 Å². The van der Waals surface area contributed by atoms with E-state index in [1.807, 2.05) is 13.1 Å². The van der Waals surface area contributed by atoms with Crippen molar-refractivity contribution in [2.45, 2.75) is 4.90 Å². The average Bonchev–Trinajstić information content (AvgIpc) is 2.15. The highest BCUT2D eigenvalue weighted by molar-refractivity contribution is 7.90. The summed E-state index contributed by atoms with van der Waals surface area (Å²) in [6.45, 7) is 0. The Morgan fingerprint density at radius 2 is 2.00 bits per heavy atom. The Bertz CT molecular complexity index is 415. The molecule has 0 radical (unpaired) electrons. The van der Waals surface area contributed by atoms with Gasteiger partial charge in [-0.2, -0.15) is 0 Å². The van der Waals surface area contributed by atoms with Crippen LogP contribution in [0.1, 0.15) is 0 Å². The molecule has 1 N–H and O–H groups in total. The summed E-state index contributed by atoms with van der Waals surface area (Å²) in [6.07, 6.45) is 1.20. The van der Waals surface area contributed by atoms with E-state index in [1.54, 1.807) is 30.3 Å². The SMILES string of the molecule is CNN(C)c1cccc(S(C)(=O)=O)c1. The van der Waals surface area contributed by atoms with Gasteiger partial charge in [0, 0.05) is 20.4 Å². The monoisotopic (exact) mass is 214 g/mol. The lowest BCUT2D eigenvalue weighted by Crippen LogP contribution is -2.30. The lowest BCUT2D eigenvalue weighted by atomic mass is 10.3. The fourth-order valence-electron chi connectivity index (χ4n) is 1.05. The maximum absolute atomic E-state index is 11.3. The minimum absolute atomic E-state index is 0.331. The van der Waals surface area contributed by atoms with Gasteiger partial charge in [-0.05, 0) is 18.2 Å². The second-order valence-corrected chi connectivity index (χ2v) is 5.07. The molecule has 0 aliphatic rings. The first kappa shape index (κ1) is 11.0. The van der Waals surface area contributed by atoms with Crippen LogP contribution in [0.2, 0.25) is 0 Å². The molecule has 1 aromatic rings. The number of rotatable bonds is 3. The third-order valence-corrected chi connectivity index (χ3v) is 3.08. The molecule has 5 heteroatoms. The zero-order valence-electron chi connectivity index (χ0n) is 8.48. The number of nitrogens with zero attached hydrogens (tertiary/aromatic N) is 1. The first-order chi connectivity index (χ1) is 6.45. The zero-order valence-corrected chi connectivity index (χ0v) is 9.30. The maximum Gasteiger partial charge on any atom is 0.175 e. The molecular formula is C9H14N2O2S. The first-order valence-electron chi connectivity index (χ1n) is 4.16. The third kappa shape index (κ3) is 2.46. The van der Waals surface area contributed by atoms with Crippen molar-refractivity contribution >= 4 is 15.5 Å². The molecular weight excluding hydrogens is 200 g/mol. The molecule has 0 aliphatic carbocycles. The smallest absolute Gasteiger partial charge is 0.175 e. The number of hydrogen-bond acceptors (Lipinski definition) is 4. The predicted molar refractivity (Wildman–Crippen MR) is 57.0 cm³/mol.